The molecule has 0 radical (unpaired) electrons. The first-order valence-electron chi connectivity index (χ1n) is 10.6. The van der Waals surface area contributed by atoms with Gasteiger partial charge in [0.2, 0.25) is 0 Å². The number of hydrogen-bond acceptors (Lipinski definition) is 4. The summed E-state index contributed by atoms with van der Waals surface area (Å²) in [6.07, 6.45) is 14.0. The molecule has 2 aliphatic rings. The van der Waals surface area contributed by atoms with Crippen molar-refractivity contribution in [2.75, 3.05) is 5.73 Å². The van der Waals surface area contributed by atoms with Crippen molar-refractivity contribution in [2.24, 2.45) is 17.1 Å². The minimum absolute atomic E-state index is 0.0427. The van der Waals surface area contributed by atoms with Gasteiger partial charge in [-0.1, -0.05) is 63.5 Å². The lowest BCUT2D eigenvalue weighted by molar-refractivity contribution is 0.258. The van der Waals surface area contributed by atoms with E-state index in [0.717, 1.165) is 35.0 Å². The molecular formula is C27H32N2O2. The summed E-state index contributed by atoms with van der Waals surface area (Å²) in [6.45, 7) is 14.1. The Labute approximate surface area is 185 Å². The maximum absolute atomic E-state index is 10.0. The van der Waals surface area contributed by atoms with Crippen LogP contribution in [0.2, 0.25) is 0 Å². The number of anilines is 1. The standard InChI is InChI=1S/C27H32N2O2/c1-6-9-10-19-14-23(27(19,5)18(7-2)16-30)26-21(8-3)24(13-17(4)28)31-25-15-20(29)11-12-22(25)26/h7-16,23,26,30H,2-3,6,28-29H2,1,4-5H3/b10-9-,17-13+,18-16-. The van der Waals surface area contributed by atoms with Gasteiger partial charge in [0.1, 0.15) is 11.5 Å². The van der Waals surface area contributed by atoms with Crippen molar-refractivity contribution in [3.05, 3.63) is 108 Å². The van der Waals surface area contributed by atoms with Crippen molar-refractivity contribution in [3.63, 3.8) is 0 Å². The predicted octanol–water partition coefficient (Wildman–Crippen LogP) is 6.20. The highest BCUT2D eigenvalue weighted by Crippen LogP contribution is 2.61. The van der Waals surface area contributed by atoms with E-state index in [9.17, 15) is 5.11 Å². The third kappa shape index (κ3) is 3.74. The van der Waals surface area contributed by atoms with E-state index >= 15 is 0 Å². The molecule has 1 heterocycles. The fraction of sp³-hybridized carbons (Fsp3) is 0.259. The molecule has 31 heavy (non-hydrogen) atoms. The summed E-state index contributed by atoms with van der Waals surface area (Å²) in [6, 6.07) is 5.74. The first kappa shape index (κ1) is 22.3. The Balaban J connectivity index is 2.27. The van der Waals surface area contributed by atoms with Gasteiger partial charge in [0.25, 0.3) is 0 Å². The largest absolute Gasteiger partial charge is 0.515 e. The molecule has 3 rings (SSSR count). The van der Waals surface area contributed by atoms with Gasteiger partial charge in [-0.25, -0.2) is 0 Å². The van der Waals surface area contributed by atoms with E-state index in [1.54, 1.807) is 6.08 Å². The SMILES string of the molecule is C=CC1=C(/C=C(\C)N)Oc2cc(N)ccc2C1C1C=C(/C=C\CC)C1(C)/C(C=C)=C\O. The normalized spacial score (nSPS) is 26.1. The van der Waals surface area contributed by atoms with Crippen molar-refractivity contribution >= 4 is 5.69 Å². The highest BCUT2D eigenvalue weighted by atomic mass is 16.5. The Morgan fingerprint density at radius 2 is 2.06 bits per heavy atom. The first-order valence-corrected chi connectivity index (χ1v) is 10.6. The van der Waals surface area contributed by atoms with E-state index in [0.29, 0.717) is 22.9 Å². The van der Waals surface area contributed by atoms with Crippen LogP contribution in [0.25, 0.3) is 0 Å². The van der Waals surface area contributed by atoms with Crippen LogP contribution in [0, 0.1) is 11.3 Å². The second-order valence-electron chi connectivity index (χ2n) is 8.24. The zero-order chi connectivity index (χ0) is 22.8. The molecule has 0 aromatic heterocycles. The minimum atomic E-state index is -0.427. The van der Waals surface area contributed by atoms with Gasteiger partial charge in [-0.15, -0.1) is 0 Å². The van der Waals surface area contributed by atoms with Gasteiger partial charge in [-0.3, -0.25) is 0 Å². The number of aliphatic hydroxyl groups is 1. The third-order valence-electron chi connectivity index (χ3n) is 6.27. The zero-order valence-electron chi connectivity index (χ0n) is 18.6. The van der Waals surface area contributed by atoms with Crippen molar-refractivity contribution in [2.45, 2.75) is 33.1 Å². The van der Waals surface area contributed by atoms with Crippen molar-refractivity contribution in [1.29, 1.82) is 0 Å². The summed E-state index contributed by atoms with van der Waals surface area (Å²) >= 11 is 0. The Kier molecular flexibility index (Phi) is 6.30. The van der Waals surface area contributed by atoms with Gasteiger partial charge < -0.3 is 21.3 Å². The molecule has 0 amide bonds. The topological polar surface area (TPSA) is 81.5 Å². The lowest BCUT2D eigenvalue weighted by Crippen LogP contribution is -2.42. The molecule has 0 fully saturated rings. The lowest BCUT2D eigenvalue weighted by atomic mass is 9.52. The summed E-state index contributed by atoms with van der Waals surface area (Å²) in [7, 11) is 0. The average molecular weight is 417 g/mol. The van der Waals surface area contributed by atoms with Crippen molar-refractivity contribution < 1.29 is 9.84 Å². The lowest BCUT2D eigenvalue weighted by Gasteiger charge is -2.51. The summed E-state index contributed by atoms with van der Waals surface area (Å²) in [4.78, 5) is 0. The first-order chi connectivity index (χ1) is 14.8. The molecule has 162 valence electrons. The summed E-state index contributed by atoms with van der Waals surface area (Å²) in [5.74, 6) is 1.37. The molecule has 0 saturated heterocycles. The van der Waals surface area contributed by atoms with Crippen LogP contribution in [0.15, 0.2) is 102 Å². The Hall–Kier alpha value is -3.40. The number of nitrogens with two attached hydrogens (primary N) is 2. The molecule has 1 aromatic carbocycles. The van der Waals surface area contributed by atoms with E-state index in [1.165, 1.54) is 0 Å². The van der Waals surface area contributed by atoms with Gasteiger partial charge in [-0.2, -0.15) is 0 Å². The summed E-state index contributed by atoms with van der Waals surface area (Å²) < 4.78 is 6.20. The molecule has 1 aliphatic heterocycles. The van der Waals surface area contributed by atoms with Crippen LogP contribution < -0.4 is 16.2 Å². The number of aliphatic hydroxyl groups excluding tert-OH is 1. The molecule has 0 saturated carbocycles. The average Bonchev–Trinajstić information content (AvgIpc) is 2.72. The fourth-order valence-corrected chi connectivity index (χ4v) is 4.62. The number of nitrogen functional groups attached to an aromatic ring is 1. The number of benzene rings is 1. The van der Waals surface area contributed by atoms with Crippen LogP contribution in [-0.4, -0.2) is 5.11 Å². The second kappa shape index (κ2) is 8.76. The third-order valence-corrected chi connectivity index (χ3v) is 6.27. The van der Waals surface area contributed by atoms with E-state index in [1.807, 2.05) is 37.3 Å². The number of rotatable bonds is 7. The Morgan fingerprint density at radius 3 is 2.65 bits per heavy atom. The van der Waals surface area contributed by atoms with E-state index in [-0.39, 0.29) is 11.8 Å². The van der Waals surface area contributed by atoms with Crippen LogP contribution in [-0.2, 0) is 0 Å². The summed E-state index contributed by atoms with van der Waals surface area (Å²) in [5, 5.41) is 10.0. The van der Waals surface area contributed by atoms with Gasteiger partial charge in [0.15, 0.2) is 0 Å². The van der Waals surface area contributed by atoms with Gasteiger partial charge in [0, 0.05) is 45.8 Å². The van der Waals surface area contributed by atoms with E-state index < -0.39 is 5.41 Å². The minimum Gasteiger partial charge on any atom is -0.515 e. The second-order valence-corrected chi connectivity index (χ2v) is 8.24. The Bertz CT molecular complexity index is 1050. The monoisotopic (exact) mass is 416 g/mol. The van der Waals surface area contributed by atoms with Crippen LogP contribution in [0.4, 0.5) is 5.69 Å². The molecule has 3 unspecified atom stereocenters. The summed E-state index contributed by atoms with van der Waals surface area (Å²) in [5.41, 5.74) is 16.8. The molecule has 4 heteroatoms. The van der Waals surface area contributed by atoms with Crippen LogP contribution in [0.5, 0.6) is 5.75 Å². The van der Waals surface area contributed by atoms with Gasteiger partial charge in [-0.05, 0) is 36.6 Å². The quantitative estimate of drug-likeness (QED) is 0.281. The number of hydrogen-bond donors (Lipinski definition) is 3. The van der Waals surface area contributed by atoms with E-state index in [2.05, 4.69) is 45.2 Å². The maximum Gasteiger partial charge on any atom is 0.133 e. The van der Waals surface area contributed by atoms with Gasteiger partial charge in [0.05, 0.1) is 6.26 Å². The zero-order valence-corrected chi connectivity index (χ0v) is 18.6. The molecule has 5 N–H and O–H groups in total. The van der Waals surface area contributed by atoms with Crippen LogP contribution in [0.3, 0.4) is 0 Å². The smallest absolute Gasteiger partial charge is 0.133 e. The molecule has 0 bridgehead atoms. The molecule has 1 aliphatic carbocycles. The number of ether oxygens (including phenoxy) is 1. The maximum atomic E-state index is 10.0. The highest BCUT2D eigenvalue weighted by Gasteiger charge is 2.51. The van der Waals surface area contributed by atoms with Crippen molar-refractivity contribution in [3.8, 4) is 5.75 Å². The number of allylic oxidation sites excluding steroid dienone is 10. The predicted molar refractivity (Wildman–Crippen MR) is 129 cm³/mol. The van der Waals surface area contributed by atoms with Crippen molar-refractivity contribution in [1.82, 2.24) is 0 Å². The fourth-order valence-electron chi connectivity index (χ4n) is 4.62. The van der Waals surface area contributed by atoms with Gasteiger partial charge >= 0.3 is 0 Å². The molecule has 3 atom stereocenters. The Morgan fingerprint density at radius 1 is 1.32 bits per heavy atom. The number of fused-ring (bicyclic) bond motifs is 1. The van der Waals surface area contributed by atoms with Crippen LogP contribution >= 0.6 is 0 Å². The molecule has 0 spiro atoms. The molecule has 1 aromatic rings. The molecular weight excluding hydrogens is 384 g/mol. The molecule has 4 nitrogen and oxygen atoms in total. The highest BCUT2D eigenvalue weighted by molar-refractivity contribution is 5.61. The van der Waals surface area contributed by atoms with E-state index in [4.69, 9.17) is 16.2 Å². The van der Waals surface area contributed by atoms with Crippen LogP contribution in [0.1, 0.15) is 38.7 Å².